The second kappa shape index (κ2) is 4.40. The Labute approximate surface area is 84.5 Å². The molecule has 2 heteroatoms. The number of hydrogen-bond donors (Lipinski definition) is 1. The van der Waals surface area contributed by atoms with Crippen LogP contribution >= 0.6 is 0 Å². The Kier molecular flexibility index (Phi) is 2.96. The van der Waals surface area contributed by atoms with Crippen LogP contribution in [0.1, 0.15) is 5.56 Å². The lowest BCUT2D eigenvalue weighted by Crippen LogP contribution is -2.32. The molecule has 0 bridgehead atoms. The van der Waals surface area contributed by atoms with Crippen molar-refractivity contribution in [1.29, 1.82) is 0 Å². The van der Waals surface area contributed by atoms with Crippen molar-refractivity contribution in [2.75, 3.05) is 13.2 Å². The van der Waals surface area contributed by atoms with Crippen molar-refractivity contribution in [2.45, 2.75) is 12.6 Å². The van der Waals surface area contributed by atoms with Gasteiger partial charge in [0.15, 0.2) is 0 Å². The molecule has 1 atom stereocenters. The number of benzene rings is 1. The van der Waals surface area contributed by atoms with E-state index in [0.717, 1.165) is 13.1 Å². The minimum atomic E-state index is 0.204. The molecule has 1 heterocycles. The highest BCUT2D eigenvalue weighted by Gasteiger charge is 2.18. The number of hydrogen-bond acceptors (Lipinski definition) is 2. The van der Waals surface area contributed by atoms with Crippen LogP contribution < -0.4 is 0 Å². The van der Waals surface area contributed by atoms with Crippen LogP contribution in [0.15, 0.2) is 42.5 Å². The molecule has 14 heavy (non-hydrogen) atoms. The summed E-state index contributed by atoms with van der Waals surface area (Å²) < 4.78 is 0. The molecule has 0 spiro atoms. The summed E-state index contributed by atoms with van der Waals surface area (Å²) in [6.45, 7) is 2.07. The van der Waals surface area contributed by atoms with Crippen LogP contribution in [0.5, 0.6) is 0 Å². The van der Waals surface area contributed by atoms with Crippen LogP contribution in [0, 0.1) is 0 Å². The first-order valence-electron chi connectivity index (χ1n) is 4.95. The summed E-state index contributed by atoms with van der Waals surface area (Å²) in [6.07, 6.45) is 4.19. The quantitative estimate of drug-likeness (QED) is 0.727. The fourth-order valence-corrected chi connectivity index (χ4v) is 1.79. The van der Waals surface area contributed by atoms with E-state index in [1.165, 1.54) is 5.56 Å². The van der Waals surface area contributed by atoms with Gasteiger partial charge in [0.2, 0.25) is 0 Å². The van der Waals surface area contributed by atoms with Crippen LogP contribution in [0.25, 0.3) is 0 Å². The highest BCUT2D eigenvalue weighted by atomic mass is 16.3. The third-order valence-corrected chi connectivity index (χ3v) is 2.58. The van der Waals surface area contributed by atoms with Gasteiger partial charge in [0.25, 0.3) is 0 Å². The molecule has 1 N–H and O–H groups in total. The third kappa shape index (κ3) is 2.03. The SMILES string of the molecule is OC[C@H]1C=CCN1Cc1ccccc1. The predicted molar refractivity (Wildman–Crippen MR) is 56.9 cm³/mol. The molecule has 0 aliphatic carbocycles. The largest absolute Gasteiger partial charge is 0.394 e. The molecule has 0 amide bonds. The molecule has 1 aliphatic heterocycles. The summed E-state index contributed by atoms with van der Waals surface area (Å²) in [7, 11) is 0. The standard InChI is InChI=1S/C12H15NO/c14-10-12-7-4-8-13(12)9-11-5-2-1-3-6-11/h1-7,12,14H,8-10H2/t12-/m1/s1. The minimum Gasteiger partial charge on any atom is -0.394 e. The normalized spacial score (nSPS) is 21.6. The van der Waals surface area contributed by atoms with Crippen LogP contribution in [-0.4, -0.2) is 29.2 Å². The molecular formula is C12H15NO. The van der Waals surface area contributed by atoms with Gasteiger partial charge in [0.1, 0.15) is 0 Å². The zero-order chi connectivity index (χ0) is 9.80. The van der Waals surface area contributed by atoms with Crippen LogP contribution in [0.2, 0.25) is 0 Å². The molecule has 0 radical (unpaired) electrons. The van der Waals surface area contributed by atoms with Gasteiger partial charge in [-0.2, -0.15) is 0 Å². The highest BCUT2D eigenvalue weighted by Crippen LogP contribution is 2.13. The van der Waals surface area contributed by atoms with Gasteiger partial charge in [0.05, 0.1) is 12.6 Å². The lowest BCUT2D eigenvalue weighted by molar-refractivity contribution is 0.169. The molecule has 0 saturated heterocycles. The minimum absolute atomic E-state index is 0.204. The van der Waals surface area contributed by atoms with E-state index in [-0.39, 0.29) is 12.6 Å². The Hall–Kier alpha value is -1.12. The molecule has 0 saturated carbocycles. The van der Waals surface area contributed by atoms with Gasteiger partial charge in [0, 0.05) is 13.1 Å². The van der Waals surface area contributed by atoms with Crippen molar-refractivity contribution in [3.63, 3.8) is 0 Å². The maximum absolute atomic E-state index is 9.12. The fourth-order valence-electron chi connectivity index (χ4n) is 1.79. The van der Waals surface area contributed by atoms with Gasteiger partial charge >= 0.3 is 0 Å². The average Bonchev–Trinajstić information content (AvgIpc) is 2.67. The Morgan fingerprint density at radius 1 is 1.29 bits per heavy atom. The van der Waals surface area contributed by atoms with Gasteiger partial charge in [-0.05, 0) is 5.56 Å². The van der Waals surface area contributed by atoms with Crippen molar-refractivity contribution in [2.24, 2.45) is 0 Å². The molecule has 74 valence electrons. The lowest BCUT2D eigenvalue weighted by Gasteiger charge is -2.22. The first kappa shape index (κ1) is 9.44. The summed E-state index contributed by atoms with van der Waals surface area (Å²) in [4.78, 5) is 2.26. The number of aliphatic hydroxyl groups excluding tert-OH is 1. The van der Waals surface area contributed by atoms with E-state index in [4.69, 9.17) is 5.11 Å². The summed E-state index contributed by atoms with van der Waals surface area (Å²) in [5.74, 6) is 0. The van der Waals surface area contributed by atoms with E-state index in [0.29, 0.717) is 0 Å². The third-order valence-electron chi connectivity index (χ3n) is 2.58. The Morgan fingerprint density at radius 3 is 2.79 bits per heavy atom. The van der Waals surface area contributed by atoms with Crippen molar-refractivity contribution < 1.29 is 5.11 Å². The van der Waals surface area contributed by atoms with Gasteiger partial charge in [-0.15, -0.1) is 0 Å². The van der Waals surface area contributed by atoms with Gasteiger partial charge in [-0.3, -0.25) is 4.90 Å². The first-order chi connectivity index (χ1) is 6.90. The van der Waals surface area contributed by atoms with E-state index in [9.17, 15) is 0 Å². The topological polar surface area (TPSA) is 23.5 Å². The van der Waals surface area contributed by atoms with Crippen molar-refractivity contribution in [1.82, 2.24) is 4.90 Å². The van der Waals surface area contributed by atoms with Crippen molar-refractivity contribution in [3.8, 4) is 0 Å². The lowest BCUT2D eigenvalue weighted by atomic mass is 10.2. The molecule has 0 unspecified atom stereocenters. The number of nitrogens with zero attached hydrogens (tertiary/aromatic N) is 1. The Bertz CT molecular complexity index is 307. The summed E-state index contributed by atoms with van der Waals surface area (Å²) in [6, 6.07) is 10.6. The zero-order valence-corrected chi connectivity index (χ0v) is 8.13. The number of aliphatic hydroxyl groups is 1. The molecule has 2 nitrogen and oxygen atoms in total. The van der Waals surface area contributed by atoms with E-state index in [1.54, 1.807) is 0 Å². The molecular weight excluding hydrogens is 174 g/mol. The molecule has 1 aromatic carbocycles. The van der Waals surface area contributed by atoms with E-state index >= 15 is 0 Å². The summed E-state index contributed by atoms with van der Waals surface area (Å²) >= 11 is 0. The van der Waals surface area contributed by atoms with E-state index in [2.05, 4.69) is 29.2 Å². The van der Waals surface area contributed by atoms with Gasteiger partial charge in [-0.25, -0.2) is 0 Å². The predicted octanol–water partition coefficient (Wildman–Crippen LogP) is 1.42. The fraction of sp³-hybridized carbons (Fsp3) is 0.333. The monoisotopic (exact) mass is 189 g/mol. The summed E-state index contributed by atoms with van der Waals surface area (Å²) in [5, 5.41) is 9.12. The van der Waals surface area contributed by atoms with Crippen LogP contribution in [0.4, 0.5) is 0 Å². The van der Waals surface area contributed by atoms with Crippen LogP contribution in [0.3, 0.4) is 0 Å². The first-order valence-corrected chi connectivity index (χ1v) is 4.95. The maximum Gasteiger partial charge on any atom is 0.0622 e. The smallest absolute Gasteiger partial charge is 0.0622 e. The van der Waals surface area contributed by atoms with Crippen molar-refractivity contribution >= 4 is 0 Å². The molecule has 1 aromatic rings. The molecule has 1 aliphatic rings. The van der Waals surface area contributed by atoms with Gasteiger partial charge < -0.3 is 5.11 Å². The molecule has 0 aromatic heterocycles. The molecule has 0 fully saturated rings. The van der Waals surface area contributed by atoms with Crippen molar-refractivity contribution in [3.05, 3.63) is 48.0 Å². The summed E-state index contributed by atoms with van der Waals surface area (Å²) in [5.41, 5.74) is 1.30. The van der Waals surface area contributed by atoms with Gasteiger partial charge in [-0.1, -0.05) is 42.5 Å². The number of rotatable bonds is 3. The second-order valence-electron chi connectivity index (χ2n) is 3.59. The second-order valence-corrected chi connectivity index (χ2v) is 3.59. The maximum atomic E-state index is 9.12. The zero-order valence-electron chi connectivity index (χ0n) is 8.13. The van der Waals surface area contributed by atoms with E-state index in [1.807, 2.05) is 18.2 Å². The van der Waals surface area contributed by atoms with Crippen LogP contribution in [-0.2, 0) is 6.54 Å². The van der Waals surface area contributed by atoms with E-state index < -0.39 is 0 Å². The average molecular weight is 189 g/mol. The molecule has 2 rings (SSSR count). The Morgan fingerprint density at radius 2 is 2.07 bits per heavy atom. The Balaban J connectivity index is 1.99. The highest BCUT2D eigenvalue weighted by molar-refractivity contribution is 5.16.